The lowest BCUT2D eigenvalue weighted by Gasteiger charge is -2.26. The van der Waals surface area contributed by atoms with Gasteiger partial charge in [-0.3, -0.25) is 4.79 Å². The highest BCUT2D eigenvalue weighted by atomic mass is 16.3. The Balaban J connectivity index is 3.75. The Kier molecular flexibility index (Phi) is 32.3. The standard InChI is InChI=1S/C38H71NO4/c1-3-5-7-9-11-13-15-16-17-18-19-20-21-23-25-27-29-31-33-37(42)39-35(34-40)38(43)36(41)32-30-28-26-24-22-14-12-10-8-6-4-2/h10,12,19-20,24,26,35-36,38,40-41,43H,3-9,11,13-18,21-23,25,27-34H2,1-2H3,(H,39,42)/b12-10+,20-19-,26-24+. The molecule has 5 heteroatoms. The number of nitrogens with one attached hydrogen (secondary N) is 1. The van der Waals surface area contributed by atoms with Crippen molar-refractivity contribution < 1.29 is 20.1 Å². The largest absolute Gasteiger partial charge is 0.394 e. The van der Waals surface area contributed by atoms with Gasteiger partial charge in [0.1, 0.15) is 6.10 Å². The number of carbonyl (C=O) groups excluding carboxylic acids is 1. The molecule has 0 aromatic heterocycles. The second-order valence-corrected chi connectivity index (χ2v) is 12.4. The van der Waals surface area contributed by atoms with E-state index in [0.717, 1.165) is 57.8 Å². The topological polar surface area (TPSA) is 89.8 Å². The average Bonchev–Trinajstić information content (AvgIpc) is 3.01. The fraction of sp³-hybridized carbons (Fsp3) is 0.816. The number of carbonyl (C=O) groups is 1. The van der Waals surface area contributed by atoms with Crippen molar-refractivity contribution in [2.24, 2.45) is 0 Å². The lowest BCUT2D eigenvalue weighted by atomic mass is 10.0. The first kappa shape index (κ1) is 41.6. The Morgan fingerprint density at radius 2 is 0.977 bits per heavy atom. The number of hydrogen-bond acceptors (Lipinski definition) is 4. The SMILES string of the molecule is CCCC/C=C/CC/C=C/CCCC(O)C(O)C(CO)NC(=O)CCCCCCC/C=C\CCCCCCCCCCC. The van der Waals surface area contributed by atoms with E-state index in [1.165, 1.54) is 89.9 Å². The number of aliphatic hydroxyl groups is 3. The Hall–Kier alpha value is -1.43. The fourth-order valence-corrected chi connectivity index (χ4v) is 5.27. The smallest absolute Gasteiger partial charge is 0.220 e. The molecule has 1 amide bonds. The summed E-state index contributed by atoms with van der Waals surface area (Å²) in [5, 5.41) is 33.2. The van der Waals surface area contributed by atoms with Crippen LogP contribution in [0, 0.1) is 0 Å². The minimum atomic E-state index is -1.17. The molecular weight excluding hydrogens is 534 g/mol. The Labute approximate surface area is 266 Å². The van der Waals surface area contributed by atoms with E-state index in [2.05, 4.69) is 55.6 Å². The molecule has 0 radical (unpaired) electrons. The Morgan fingerprint density at radius 1 is 0.558 bits per heavy atom. The maximum Gasteiger partial charge on any atom is 0.220 e. The molecule has 43 heavy (non-hydrogen) atoms. The van der Waals surface area contributed by atoms with Gasteiger partial charge in [0.25, 0.3) is 0 Å². The van der Waals surface area contributed by atoms with Crippen LogP contribution in [0.3, 0.4) is 0 Å². The summed E-state index contributed by atoms with van der Waals surface area (Å²) < 4.78 is 0. The third-order valence-electron chi connectivity index (χ3n) is 8.19. The molecule has 5 nitrogen and oxygen atoms in total. The molecule has 252 valence electrons. The first-order chi connectivity index (χ1) is 21.1. The lowest BCUT2D eigenvalue weighted by Crippen LogP contribution is -2.50. The summed E-state index contributed by atoms with van der Waals surface area (Å²) in [6.07, 6.45) is 39.5. The van der Waals surface area contributed by atoms with Crippen LogP contribution in [0.4, 0.5) is 0 Å². The molecule has 0 aromatic carbocycles. The zero-order valence-corrected chi connectivity index (χ0v) is 28.3. The van der Waals surface area contributed by atoms with Crippen molar-refractivity contribution in [3.63, 3.8) is 0 Å². The maximum atomic E-state index is 12.3. The maximum absolute atomic E-state index is 12.3. The second-order valence-electron chi connectivity index (χ2n) is 12.4. The third-order valence-corrected chi connectivity index (χ3v) is 8.19. The van der Waals surface area contributed by atoms with Crippen LogP contribution in [-0.2, 0) is 4.79 Å². The highest BCUT2D eigenvalue weighted by Crippen LogP contribution is 2.13. The van der Waals surface area contributed by atoms with Crippen LogP contribution in [0.2, 0.25) is 0 Å². The van der Waals surface area contributed by atoms with Gasteiger partial charge in [-0.1, -0.05) is 134 Å². The number of amides is 1. The molecule has 0 aliphatic carbocycles. The number of hydrogen-bond donors (Lipinski definition) is 4. The summed E-state index contributed by atoms with van der Waals surface area (Å²) in [6.45, 7) is 4.09. The monoisotopic (exact) mass is 606 g/mol. The Morgan fingerprint density at radius 3 is 1.49 bits per heavy atom. The highest BCUT2D eigenvalue weighted by Gasteiger charge is 2.26. The molecule has 0 bridgehead atoms. The zero-order valence-electron chi connectivity index (χ0n) is 28.3. The highest BCUT2D eigenvalue weighted by molar-refractivity contribution is 5.76. The van der Waals surface area contributed by atoms with E-state index in [1.807, 2.05) is 0 Å². The van der Waals surface area contributed by atoms with Crippen LogP contribution in [0.1, 0.15) is 174 Å². The van der Waals surface area contributed by atoms with Crippen LogP contribution in [0.25, 0.3) is 0 Å². The van der Waals surface area contributed by atoms with E-state index in [1.54, 1.807) is 0 Å². The van der Waals surface area contributed by atoms with Crippen molar-refractivity contribution in [1.82, 2.24) is 5.32 Å². The van der Waals surface area contributed by atoms with Crippen molar-refractivity contribution in [2.75, 3.05) is 6.61 Å². The van der Waals surface area contributed by atoms with Gasteiger partial charge in [-0.15, -0.1) is 0 Å². The summed E-state index contributed by atoms with van der Waals surface area (Å²) in [6, 6.07) is -0.833. The summed E-state index contributed by atoms with van der Waals surface area (Å²) >= 11 is 0. The molecule has 0 saturated carbocycles. The summed E-state index contributed by atoms with van der Waals surface area (Å²) in [7, 11) is 0. The lowest BCUT2D eigenvalue weighted by molar-refractivity contribution is -0.124. The van der Waals surface area contributed by atoms with E-state index in [9.17, 15) is 20.1 Å². The molecule has 0 aliphatic rings. The van der Waals surface area contributed by atoms with E-state index < -0.39 is 18.2 Å². The number of rotatable bonds is 32. The minimum absolute atomic E-state index is 0.170. The number of unbranched alkanes of at least 4 members (excludes halogenated alkanes) is 18. The van der Waals surface area contributed by atoms with E-state index >= 15 is 0 Å². The molecular formula is C38H71NO4. The number of aliphatic hydroxyl groups excluding tert-OH is 3. The predicted molar refractivity (Wildman–Crippen MR) is 185 cm³/mol. The molecule has 0 saturated heterocycles. The number of allylic oxidation sites excluding steroid dienone is 6. The van der Waals surface area contributed by atoms with Crippen LogP contribution >= 0.6 is 0 Å². The normalized spacial score (nSPS) is 14.3. The molecule has 4 N–H and O–H groups in total. The van der Waals surface area contributed by atoms with Gasteiger partial charge in [-0.2, -0.15) is 0 Å². The van der Waals surface area contributed by atoms with Crippen LogP contribution in [0.15, 0.2) is 36.5 Å². The summed E-state index contributed by atoms with van der Waals surface area (Å²) in [5.74, 6) is -0.170. The molecule has 0 fully saturated rings. The van der Waals surface area contributed by atoms with Crippen LogP contribution in [-0.4, -0.2) is 46.1 Å². The first-order valence-corrected chi connectivity index (χ1v) is 18.3. The van der Waals surface area contributed by atoms with Gasteiger partial charge in [-0.25, -0.2) is 0 Å². The van der Waals surface area contributed by atoms with Gasteiger partial charge < -0.3 is 20.6 Å². The summed E-state index contributed by atoms with van der Waals surface area (Å²) in [5.41, 5.74) is 0. The summed E-state index contributed by atoms with van der Waals surface area (Å²) in [4.78, 5) is 12.3. The van der Waals surface area contributed by atoms with Crippen molar-refractivity contribution >= 4 is 5.91 Å². The van der Waals surface area contributed by atoms with Gasteiger partial charge in [0.2, 0.25) is 5.91 Å². The van der Waals surface area contributed by atoms with Gasteiger partial charge in [-0.05, 0) is 70.6 Å². The quantitative estimate of drug-likeness (QED) is 0.0454. The van der Waals surface area contributed by atoms with Crippen LogP contribution in [0.5, 0.6) is 0 Å². The van der Waals surface area contributed by atoms with E-state index in [-0.39, 0.29) is 12.5 Å². The molecule has 3 unspecified atom stereocenters. The van der Waals surface area contributed by atoms with Crippen LogP contribution < -0.4 is 5.32 Å². The molecule has 3 atom stereocenters. The fourth-order valence-electron chi connectivity index (χ4n) is 5.27. The third kappa shape index (κ3) is 29.1. The van der Waals surface area contributed by atoms with Gasteiger partial charge in [0, 0.05) is 6.42 Å². The van der Waals surface area contributed by atoms with Gasteiger partial charge in [0.15, 0.2) is 0 Å². The molecule has 0 heterocycles. The van der Waals surface area contributed by atoms with Gasteiger partial charge in [0.05, 0.1) is 18.8 Å². The Bertz CT molecular complexity index is 675. The molecule has 0 rings (SSSR count). The second kappa shape index (κ2) is 33.5. The predicted octanol–water partition coefficient (Wildman–Crippen LogP) is 9.65. The average molecular weight is 606 g/mol. The first-order valence-electron chi connectivity index (χ1n) is 18.3. The van der Waals surface area contributed by atoms with E-state index in [4.69, 9.17) is 0 Å². The molecule has 0 aliphatic heterocycles. The van der Waals surface area contributed by atoms with Crippen molar-refractivity contribution in [3.05, 3.63) is 36.5 Å². The van der Waals surface area contributed by atoms with Crippen molar-refractivity contribution in [3.8, 4) is 0 Å². The van der Waals surface area contributed by atoms with Gasteiger partial charge >= 0.3 is 0 Å². The zero-order chi connectivity index (χ0) is 31.6. The van der Waals surface area contributed by atoms with E-state index in [0.29, 0.717) is 12.8 Å². The van der Waals surface area contributed by atoms with Crippen molar-refractivity contribution in [2.45, 2.75) is 193 Å². The van der Waals surface area contributed by atoms with Crippen molar-refractivity contribution in [1.29, 1.82) is 0 Å². The minimum Gasteiger partial charge on any atom is -0.394 e. The molecule has 0 aromatic rings. The molecule has 0 spiro atoms.